The summed E-state index contributed by atoms with van der Waals surface area (Å²) in [4.78, 5) is 12.2. The highest BCUT2D eigenvalue weighted by Gasteiger charge is 2.48. The van der Waals surface area contributed by atoms with Crippen LogP contribution in [0.1, 0.15) is 60.3 Å². The summed E-state index contributed by atoms with van der Waals surface area (Å²) in [7, 11) is 0. The van der Waals surface area contributed by atoms with Crippen molar-refractivity contribution in [2.45, 2.75) is 77.4 Å². The van der Waals surface area contributed by atoms with Crippen LogP contribution in [-0.4, -0.2) is 33.3 Å². The number of hydrogen-bond acceptors (Lipinski definition) is 3. The lowest BCUT2D eigenvalue weighted by Gasteiger charge is -2.53. The second-order valence-electron chi connectivity index (χ2n) is 7.70. The minimum absolute atomic E-state index is 0.114. The zero-order valence-corrected chi connectivity index (χ0v) is 12.9. The standard InChI is InChI=1S/C15H28N2O2/c1-10-6-7-12(13(18)16-10)11-8-14(2,3)17(19)15(4,5)9-11/h10-12,19H,6-9H2,1-5H3,(H,16,18). The molecule has 2 aliphatic rings. The predicted octanol–water partition coefficient (Wildman–Crippen LogP) is 2.56. The molecule has 0 saturated carbocycles. The summed E-state index contributed by atoms with van der Waals surface area (Å²) in [5.41, 5.74) is -0.536. The van der Waals surface area contributed by atoms with Gasteiger partial charge in [-0.1, -0.05) is 0 Å². The largest absolute Gasteiger partial charge is 0.353 e. The highest BCUT2D eigenvalue weighted by atomic mass is 16.5. The van der Waals surface area contributed by atoms with E-state index in [2.05, 4.69) is 39.9 Å². The van der Waals surface area contributed by atoms with Crippen LogP contribution in [0.5, 0.6) is 0 Å². The summed E-state index contributed by atoms with van der Waals surface area (Å²) < 4.78 is 0. The van der Waals surface area contributed by atoms with Crippen molar-refractivity contribution >= 4 is 5.91 Å². The first kappa shape index (κ1) is 14.8. The fourth-order valence-electron chi connectivity index (χ4n) is 4.06. The third kappa shape index (κ3) is 2.79. The van der Waals surface area contributed by atoms with Crippen LogP contribution in [0.4, 0.5) is 0 Å². The van der Waals surface area contributed by atoms with Crippen molar-refractivity contribution in [3.63, 3.8) is 0 Å². The zero-order valence-electron chi connectivity index (χ0n) is 12.9. The van der Waals surface area contributed by atoms with Crippen LogP contribution in [0.2, 0.25) is 0 Å². The number of hydrogen-bond donors (Lipinski definition) is 2. The molecule has 2 saturated heterocycles. The molecule has 0 bridgehead atoms. The van der Waals surface area contributed by atoms with E-state index < -0.39 is 0 Å². The highest BCUT2D eigenvalue weighted by molar-refractivity contribution is 5.80. The molecule has 110 valence electrons. The van der Waals surface area contributed by atoms with E-state index in [0.717, 1.165) is 25.7 Å². The van der Waals surface area contributed by atoms with Gasteiger partial charge in [0.15, 0.2) is 0 Å². The van der Waals surface area contributed by atoms with Gasteiger partial charge in [0.1, 0.15) is 0 Å². The quantitative estimate of drug-likeness (QED) is 0.768. The molecular formula is C15H28N2O2. The number of nitrogens with zero attached hydrogens (tertiary/aromatic N) is 1. The molecule has 0 aliphatic carbocycles. The average Bonchev–Trinajstić information content (AvgIpc) is 2.24. The molecule has 2 aliphatic heterocycles. The van der Waals surface area contributed by atoms with Gasteiger partial charge in [0.05, 0.1) is 0 Å². The van der Waals surface area contributed by atoms with Crippen molar-refractivity contribution in [1.82, 2.24) is 10.4 Å². The summed E-state index contributed by atoms with van der Waals surface area (Å²) in [6.07, 6.45) is 3.80. The van der Waals surface area contributed by atoms with Gasteiger partial charge in [-0.05, 0) is 66.2 Å². The number of hydroxylamine groups is 2. The summed E-state index contributed by atoms with van der Waals surface area (Å²) in [5, 5.41) is 14.9. The maximum absolute atomic E-state index is 12.2. The molecule has 19 heavy (non-hydrogen) atoms. The predicted molar refractivity (Wildman–Crippen MR) is 74.8 cm³/mol. The Morgan fingerprint density at radius 1 is 1.16 bits per heavy atom. The van der Waals surface area contributed by atoms with E-state index in [9.17, 15) is 10.0 Å². The molecule has 4 heteroatoms. The van der Waals surface area contributed by atoms with Crippen molar-refractivity contribution < 1.29 is 10.0 Å². The Morgan fingerprint density at radius 2 is 1.68 bits per heavy atom. The molecule has 2 unspecified atom stereocenters. The second kappa shape index (κ2) is 4.74. The average molecular weight is 268 g/mol. The van der Waals surface area contributed by atoms with Crippen LogP contribution in [0, 0.1) is 11.8 Å². The van der Waals surface area contributed by atoms with Crippen LogP contribution in [0.3, 0.4) is 0 Å². The number of carbonyl (C=O) groups excluding carboxylic acids is 1. The van der Waals surface area contributed by atoms with E-state index in [1.54, 1.807) is 0 Å². The van der Waals surface area contributed by atoms with Gasteiger partial charge in [-0.2, -0.15) is 5.06 Å². The topological polar surface area (TPSA) is 52.6 Å². The third-order valence-electron chi connectivity index (χ3n) is 4.88. The van der Waals surface area contributed by atoms with Crippen LogP contribution in [0.15, 0.2) is 0 Å². The Labute approximate surface area is 116 Å². The van der Waals surface area contributed by atoms with Crippen molar-refractivity contribution in [2.24, 2.45) is 11.8 Å². The van der Waals surface area contributed by atoms with Gasteiger partial charge in [-0.25, -0.2) is 0 Å². The van der Waals surface area contributed by atoms with E-state index in [4.69, 9.17) is 0 Å². The van der Waals surface area contributed by atoms with Gasteiger partial charge in [-0.15, -0.1) is 0 Å². The lowest BCUT2D eigenvalue weighted by molar-refractivity contribution is -0.254. The van der Waals surface area contributed by atoms with E-state index in [1.807, 2.05) is 0 Å². The molecule has 2 heterocycles. The minimum atomic E-state index is -0.268. The van der Waals surface area contributed by atoms with E-state index in [1.165, 1.54) is 5.06 Å². The van der Waals surface area contributed by atoms with Gasteiger partial charge < -0.3 is 10.5 Å². The molecule has 0 radical (unpaired) electrons. The summed E-state index contributed by atoms with van der Waals surface area (Å²) in [5.74, 6) is 0.686. The van der Waals surface area contributed by atoms with Crippen molar-refractivity contribution in [3.05, 3.63) is 0 Å². The molecule has 4 nitrogen and oxygen atoms in total. The number of nitrogens with one attached hydrogen (secondary N) is 1. The highest BCUT2D eigenvalue weighted by Crippen LogP contribution is 2.44. The maximum atomic E-state index is 12.2. The summed E-state index contributed by atoms with van der Waals surface area (Å²) in [6.45, 7) is 10.3. The summed E-state index contributed by atoms with van der Waals surface area (Å²) in [6, 6.07) is 0.308. The van der Waals surface area contributed by atoms with Gasteiger partial charge in [0.2, 0.25) is 5.91 Å². The van der Waals surface area contributed by atoms with E-state index in [-0.39, 0.29) is 22.9 Å². The molecule has 2 N–H and O–H groups in total. The Morgan fingerprint density at radius 3 is 2.16 bits per heavy atom. The first-order valence-electron chi connectivity index (χ1n) is 7.43. The molecular weight excluding hydrogens is 240 g/mol. The Hall–Kier alpha value is -0.610. The fourth-order valence-corrected chi connectivity index (χ4v) is 4.06. The molecule has 1 amide bonds. The van der Waals surface area contributed by atoms with Crippen LogP contribution < -0.4 is 5.32 Å². The Bertz CT molecular complexity index is 347. The first-order chi connectivity index (χ1) is 8.63. The number of amides is 1. The van der Waals surface area contributed by atoms with E-state index in [0.29, 0.717) is 12.0 Å². The fraction of sp³-hybridized carbons (Fsp3) is 0.933. The lowest BCUT2D eigenvalue weighted by Crippen LogP contribution is -2.61. The second-order valence-corrected chi connectivity index (χ2v) is 7.70. The molecule has 2 rings (SSSR count). The van der Waals surface area contributed by atoms with Crippen LogP contribution in [0.25, 0.3) is 0 Å². The molecule has 0 aromatic heterocycles. The smallest absolute Gasteiger partial charge is 0.223 e. The van der Waals surface area contributed by atoms with Crippen molar-refractivity contribution in [2.75, 3.05) is 0 Å². The monoisotopic (exact) mass is 268 g/mol. The Balaban J connectivity index is 2.15. The number of piperidine rings is 2. The SMILES string of the molecule is CC1CCC(C2CC(C)(C)N(O)C(C)(C)C2)C(=O)N1. The van der Waals surface area contributed by atoms with Crippen LogP contribution in [-0.2, 0) is 4.79 Å². The first-order valence-corrected chi connectivity index (χ1v) is 7.43. The Kier molecular flexibility index (Phi) is 3.69. The third-order valence-corrected chi connectivity index (χ3v) is 4.88. The van der Waals surface area contributed by atoms with Gasteiger partial charge in [0.25, 0.3) is 0 Å². The lowest BCUT2D eigenvalue weighted by atomic mass is 9.68. The molecule has 2 fully saturated rings. The van der Waals surface area contributed by atoms with Crippen LogP contribution >= 0.6 is 0 Å². The van der Waals surface area contributed by atoms with E-state index >= 15 is 0 Å². The van der Waals surface area contributed by atoms with Crippen molar-refractivity contribution in [3.8, 4) is 0 Å². The molecule has 0 aromatic rings. The maximum Gasteiger partial charge on any atom is 0.223 e. The van der Waals surface area contributed by atoms with Gasteiger partial charge in [-0.3, -0.25) is 4.79 Å². The molecule has 0 spiro atoms. The number of rotatable bonds is 1. The van der Waals surface area contributed by atoms with Gasteiger partial charge >= 0.3 is 0 Å². The molecule has 2 atom stereocenters. The minimum Gasteiger partial charge on any atom is -0.353 e. The summed E-state index contributed by atoms with van der Waals surface area (Å²) >= 11 is 0. The zero-order chi connectivity index (χ0) is 14.4. The van der Waals surface area contributed by atoms with Crippen molar-refractivity contribution in [1.29, 1.82) is 0 Å². The number of carbonyl (C=O) groups is 1. The normalized spacial score (nSPS) is 36.0. The molecule has 0 aromatic carbocycles. The van der Waals surface area contributed by atoms with Gasteiger partial charge in [0, 0.05) is 23.0 Å².